The molecular weight excluding hydrogens is 451 g/mol. The number of aromatic amines is 1. The molecule has 1 aliphatic heterocycles. The van der Waals surface area contributed by atoms with Crippen LogP contribution in [0.15, 0.2) is 58.4 Å². The minimum absolute atomic E-state index is 0.0398. The van der Waals surface area contributed by atoms with Crippen LogP contribution in [0.25, 0.3) is 11.3 Å². The normalized spacial score (nSPS) is 15.9. The Hall–Kier alpha value is -2.46. The highest BCUT2D eigenvalue weighted by Gasteiger charge is 2.36. The molecular formula is C19H11BrCl2N4O. The number of hydrogen-bond acceptors (Lipinski definition) is 4. The van der Waals surface area contributed by atoms with E-state index in [4.69, 9.17) is 33.7 Å². The van der Waals surface area contributed by atoms with E-state index in [0.717, 1.165) is 15.6 Å². The number of fused-ring (bicyclic) bond motifs is 1. The van der Waals surface area contributed by atoms with E-state index < -0.39 is 5.92 Å². The van der Waals surface area contributed by atoms with Crippen molar-refractivity contribution < 1.29 is 4.74 Å². The largest absolute Gasteiger partial charge is 0.420 e. The molecule has 0 radical (unpaired) electrons. The molecule has 134 valence electrons. The van der Waals surface area contributed by atoms with Crippen LogP contribution < -0.4 is 10.5 Å². The number of aromatic nitrogens is 2. The van der Waals surface area contributed by atoms with Gasteiger partial charge in [0.15, 0.2) is 0 Å². The van der Waals surface area contributed by atoms with E-state index in [2.05, 4.69) is 32.2 Å². The van der Waals surface area contributed by atoms with E-state index >= 15 is 0 Å². The lowest BCUT2D eigenvalue weighted by atomic mass is 9.83. The van der Waals surface area contributed by atoms with Crippen LogP contribution in [0.4, 0.5) is 0 Å². The van der Waals surface area contributed by atoms with E-state index in [0.29, 0.717) is 32.8 Å². The summed E-state index contributed by atoms with van der Waals surface area (Å²) >= 11 is 15.8. The van der Waals surface area contributed by atoms with Gasteiger partial charge in [-0.3, -0.25) is 5.10 Å². The van der Waals surface area contributed by atoms with Crippen molar-refractivity contribution in [1.82, 2.24) is 10.2 Å². The van der Waals surface area contributed by atoms with Crippen LogP contribution in [-0.4, -0.2) is 10.2 Å². The third-order valence-corrected chi connectivity index (χ3v) is 5.82. The van der Waals surface area contributed by atoms with Crippen LogP contribution in [0, 0.1) is 11.3 Å². The van der Waals surface area contributed by atoms with Gasteiger partial charge in [0.2, 0.25) is 11.8 Å². The molecule has 1 aliphatic rings. The highest BCUT2D eigenvalue weighted by atomic mass is 79.9. The maximum absolute atomic E-state index is 9.74. The first-order chi connectivity index (χ1) is 13.0. The van der Waals surface area contributed by atoms with Crippen molar-refractivity contribution in [2.75, 3.05) is 0 Å². The van der Waals surface area contributed by atoms with Gasteiger partial charge in [0.05, 0.1) is 27.2 Å². The van der Waals surface area contributed by atoms with Gasteiger partial charge in [0, 0.05) is 10.0 Å². The predicted octanol–water partition coefficient (Wildman–Crippen LogP) is 5.36. The zero-order valence-electron chi connectivity index (χ0n) is 13.6. The van der Waals surface area contributed by atoms with Gasteiger partial charge in [-0.1, -0.05) is 63.4 Å². The monoisotopic (exact) mass is 460 g/mol. The Kier molecular flexibility index (Phi) is 4.60. The number of ether oxygens (including phenoxy) is 1. The van der Waals surface area contributed by atoms with Crippen molar-refractivity contribution in [1.29, 1.82) is 5.26 Å². The first kappa shape index (κ1) is 17.9. The molecule has 27 heavy (non-hydrogen) atoms. The number of nitrogens with one attached hydrogen (secondary N) is 1. The standard InChI is InChI=1S/C19H11BrCl2N4O/c20-12-4-2-1-3-10(12)15-11(8-23)18(24)27-19-16(15)17(25-26-19)9-5-6-13(21)14(22)7-9/h1-7,15H,24H2,(H,25,26). The quantitative estimate of drug-likeness (QED) is 0.537. The van der Waals surface area contributed by atoms with E-state index in [1.807, 2.05) is 30.3 Å². The molecule has 0 bridgehead atoms. The Balaban J connectivity index is 1.98. The minimum Gasteiger partial charge on any atom is -0.420 e. The first-order valence-electron chi connectivity index (χ1n) is 7.87. The Morgan fingerprint density at radius 1 is 1.19 bits per heavy atom. The molecule has 0 aliphatic carbocycles. The van der Waals surface area contributed by atoms with Crippen LogP contribution in [0.2, 0.25) is 10.0 Å². The topological polar surface area (TPSA) is 87.7 Å². The lowest BCUT2D eigenvalue weighted by molar-refractivity contribution is 0.379. The van der Waals surface area contributed by atoms with Gasteiger partial charge in [0.25, 0.3) is 0 Å². The van der Waals surface area contributed by atoms with E-state index in [-0.39, 0.29) is 5.88 Å². The van der Waals surface area contributed by atoms with Crippen LogP contribution in [0.5, 0.6) is 5.88 Å². The van der Waals surface area contributed by atoms with E-state index in [1.165, 1.54) is 0 Å². The average Bonchev–Trinajstić information content (AvgIpc) is 3.07. The number of hydrogen-bond donors (Lipinski definition) is 2. The number of H-pyrrole nitrogens is 1. The average molecular weight is 462 g/mol. The molecule has 3 N–H and O–H groups in total. The van der Waals surface area contributed by atoms with Gasteiger partial charge < -0.3 is 10.5 Å². The summed E-state index contributed by atoms with van der Waals surface area (Å²) in [5.74, 6) is -0.0798. The third-order valence-electron chi connectivity index (χ3n) is 4.36. The van der Waals surface area contributed by atoms with Crippen molar-refractivity contribution in [2.24, 2.45) is 5.73 Å². The minimum atomic E-state index is -0.447. The molecule has 2 heterocycles. The Labute approximate surface area is 173 Å². The number of rotatable bonds is 2. The molecule has 0 amide bonds. The molecule has 3 aromatic rings. The molecule has 1 atom stereocenters. The second-order valence-corrected chi connectivity index (χ2v) is 7.56. The summed E-state index contributed by atoms with van der Waals surface area (Å²) < 4.78 is 6.45. The highest BCUT2D eigenvalue weighted by molar-refractivity contribution is 9.10. The zero-order chi connectivity index (χ0) is 19.1. The van der Waals surface area contributed by atoms with Gasteiger partial charge in [-0.15, -0.1) is 5.10 Å². The Morgan fingerprint density at radius 2 is 1.96 bits per heavy atom. The number of benzene rings is 2. The van der Waals surface area contributed by atoms with Crippen LogP contribution >= 0.6 is 39.1 Å². The fraction of sp³-hybridized carbons (Fsp3) is 0.0526. The lowest BCUT2D eigenvalue weighted by Crippen LogP contribution is -2.21. The van der Waals surface area contributed by atoms with Gasteiger partial charge in [0.1, 0.15) is 11.6 Å². The Bertz CT molecular complexity index is 1130. The molecule has 0 fully saturated rings. The number of allylic oxidation sites excluding steroid dienone is 1. The molecule has 1 unspecified atom stereocenters. The maximum Gasteiger partial charge on any atom is 0.244 e. The summed E-state index contributed by atoms with van der Waals surface area (Å²) in [5.41, 5.74) is 9.37. The smallest absolute Gasteiger partial charge is 0.244 e. The fourth-order valence-corrected chi connectivity index (χ4v) is 3.95. The molecule has 0 saturated heterocycles. The highest BCUT2D eigenvalue weighted by Crippen LogP contribution is 2.47. The van der Waals surface area contributed by atoms with Gasteiger partial charge >= 0.3 is 0 Å². The third kappa shape index (κ3) is 2.98. The van der Waals surface area contributed by atoms with Crippen molar-refractivity contribution in [3.8, 4) is 23.2 Å². The van der Waals surface area contributed by atoms with Gasteiger partial charge in [-0.2, -0.15) is 5.26 Å². The second kappa shape index (κ2) is 6.93. The number of nitrogens with two attached hydrogens (primary N) is 1. The van der Waals surface area contributed by atoms with Crippen molar-refractivity contribution >= 4 is 39.1 Å². The van der Waals surface area contributed by atoms with Crippen LogP contribution in [-0.2, 0) is 0 Å². The Morgan fingerprint density at radius 3 is 2.67 bits per heavy atom. The molecule has 0 spiro atoms. The van der Waals surface area contributed by atoms with Crippen molar-refractivity contribution in [3.63, 3.8) is 0 Å². The summed E-state index contributed by atoms with van der Waals surface area (Å²) in [6.45, 7) is 0. The SMILES string of the molecule is N#CC1=C(N)Oc2n[nH]c(-c3ccc(Cl)c(Cl)c3)c2C1c1ccccc1Br. The van der Waals surface area contributed by atoms with Crippen molar-refractivity contribution in [2.45, 2.75) is 5.92 Å². The van der Waals surface area contributed by atoms with Crippen molar-refractivity contribution in [3.05, 3.63) is 79.6 Å². The van der Waals surface area contributed by atoms with Crippen LogP contribution in [0.3, 0.4) is 0 Å². The number of halogens is 3. The number of nitrogens with zero attached hydrogens (tertiary/aromatic N) is 2. The summed E-state index contributed by atoms with van der Waals surface area (Å²) in [6.07, 6.45) is 0. The van der Waals surface area contributed by atoms with E-state index in [1.54, 1.807) is 12.1 Å². The number of nitriles is 1. The fourth-order valence-electron chi connectivity index (χ4n) is 3.14. The molecule has 0 saturated carbocycles. The van der Waals surface area contributed by atoms with Crippen LogP contribution in [0.1, 0.15) is 17.0 Å². The first-order valence-corrected chi connectivity index (χ1v) is 9.42. The molecule has 5 nitrogen and oxygen atoms in total. The zero-order valence-corrected chi connectivity index (χ0v) is 16.7. The molecule has 4 rings (SSSR count). The summed E-state index contributed by atoms with van der Waals surface area (Å²) in [7, 11) is 0. The molecule has 2 aromatic carbocycles. The summed E-state index contributed by atoms with van der Waals surface area (Å²) in [4.78, 5) is 0. The summed E-state index contributed by atoms with van der Waals surface area (Å²) in [5, 5.41) is 17.8. The predicted molar refractivity (Wildman–Crippen MR) is 107 cm³/mol. The van der Waals surface area contributed by atoms with E-state index in [9.17, 15) is 5.26 Å². The summed E-state index contributed by atoms with van der Waals surface area (Å²) in [6, 6.07) is 15.1. The maximum atomic E-state index is 9.74. The lowest BCUT2D eigenvalue weighted by Gasteiger charge is -2.25. The van der Waals surface area contributed by atoms with Gasteiger partial charge in [-0.25, -0.2) is 0 Å². The molecule has 8 heteroatoms. The second-order valence-electron chi connectivity index (χ2n) is 5.89. The molecule has 1 aromatic heterocycles. The van der Waals surface area contributed by atoms with Gasteiger partial charge in [-0.05, 0) is 23.8 Å².